The second-order valence-electron chi connectivity index (χ2n) is 6.39. The second-order valence-corrected chi connectivity index (χ2v) is 6.39. The fourth-order valence-electron chi connectivity index (χ4n) is 3.35. The number of halogens is 1. The van der Waals surface area contributed by atoms with E-state index >= 15 is 0 Å². The molecule has 1 heterocycles. The molecule has 1 aromatic rings. The van der Waals surface area contributed by atoms with E-state index < -0.39 is 0 Å². The number of hydrogen-bond acceptors (Lipinski definition) is 3. The first-order valence-electron chi connectivity index (χ1n) is 7.94. The summed E-state index contributed by atoms with van der Waals surface area (Å²) in [6.45, 7) is 2.72. The Bertz CT molecular complexity index is 518. The maximum Gasteiger partial charge on any atom is 0.237 e. The van der Waals surface area contributed by atoms with Gasteiger partial charge >= 0.3 is 0 Å². The monoisotopic (exact) mass is 323 g/mol. The Morgan fingerprint density at radius 2 is 2.05 bits per heavy atom. The summed E-state index contributed by atoms with van der Waals surface area (Å²) in [7, 11) is 2.03. The Labute approximate surface area is 139 Å². The molecule has 1 amide bonds. The summed E-state index contributed by atoms with van der Waals surface area (Å²) in [6, 6.07) is 8.79. The molecule has 2 aliphatic rings. The van der Waals surface area contributed by atoms with Gasteiger partial charge in [0.15, 0.2) is 0 Å². The van der Waals surface area contributed by atoms with E-state index in [1.807, 2.05) is 11.9 Å². The van der Waals surface area contributed by atoms with Crippen LogP contribution in [0.5, 0.6) is 0 Å². The maximum atomic E-state index is 12.5. The van der Waals surface area contributed by atoms with Crippen LogP contribution in [0.1, 0.15) is 24.0 Å². The normalized spacial score (nSPS) is 18.6. The summed E-state index contributed by atoms with van der Waals surface area (Å²) in [5.74, 6) is 0.931. The lowest BCUT2D eigenvalue weighted by molar-refractivity contribution is -0.133. The standard InChI is InChI=1S/C17H25N3O.ClH/c1-19(16(10-18)14-6-7-14)12-17(21)20-9-8-13-4-2-3-5-15(13)11-20;/h2-5,14,16H,6-12,18H2,1H3;1H. The Morgan fingerprint density at radius 3 is 2.68 bits per heavy atom. The molecule has 122 valence electrons. The minimum Gasteiger partial charge on any atom is -0.337 e. The third-order valence-electron chi connectivity index (χ3n) is 4.84. The number of nitrogens with zero attached hydrogens (tertiary/aromatic N) is 2. The smallest absolute Gasteiger partial charge is 0.237 e. The zero-order chi connectivity index (χ0) is 14.8. The highest BCUT2D eigenvalue weighted by molar-refractivity contribution is 5.85. The van der Waals surface area contributed by atoms with E-state index in [0.717, 1.165) is 19.5 Å². The molecule has 1 aliphatic carbocycles. The minimum absolute atomic E-state index is 0. The van der Waals surface area contributed by atoms with Gasteiger partial charge in [0.2, 0.25) is 5.91 Å². The molecule has 3 rings (SSSR count). The molecule has 0 bridgehead atoms. The molecule has 1 aliphatic heterocycles. The summed E-state index contributed by atoms with van der Waals surface area (Å²) < 4.78 is 0. The van der Waals surface area contributed by atoms with Gasteiger partial charge in [-0.05, 0) is 43.4 Å². The van der Waals surface area contributed by atoms with Crippen LogP contribution in [0.25, 0.3) is 0 Å². The van der Waals surface area contributed by atoms with Crippen LogP contribution >= 0.6 is 12.4 Å². The highest BCUT2D eigenvalue weighted by Crippen LogP contribution is 2.34. The van der Waals surface area contributed by atoms with Gasteiger partial charge in [-0.1, -0.05) is 24.3 Å². The van der Waals surface area contributed by atoms with Crippen molar-refractivity contribution in [2.45, 2.75) is 31.8 Å². The lowest BCUT2D eigenvalue weighted by Crippen LogP contribution is -2.47. The molecule has 0 radical (unpaired) electrons. The zero-order valence-corrected chi connectivity index (χ0v) is 14.0. The third kappa shape index (κ3) is 3.80. The average molecular weight is 324 g/mol. The molecule has 0 aromatic heterocycles. The Morgan fingerprint density at radius 1 is 1.36 bits per heavy atom. The summed E-state index contributed by atoms with van der Waals surface area (Å²) >= 11 is 0. The second kappa shape index (κ2) is 7.44. The van der Waals surface area contributed by atoms with Gasteiger partial charge < -0.3 is 10.6 Å². The number of nitrogens with two attached hydrogens (primary N) is 1. The molecule has 0 saturated heterocycles. The first-order chi connectivity index (χ1) is 10.2. The highest BCUT2D eigenvalue weighted by Gasteiger charge is 2.34. The van der Waals surface area contributed by atoms with Gasteiger partial charge in [-0.25, -0.2) is 0 Å². The van der Waals surface area contributed by atoms with Crippen LogP contribution in [0.3, 0.4) is 0 Å². The topological polar surface area (TPSA) is 49.6 Å². The van der Waals surface area contributed by atoms with Crippen LogP contribution in [0.4, 0.5) is 0 Å². The third-order valence-corrected chi connectivity index (χ3v) is 4.84. The summed E-state index contributed by atoms with van der Waals surface area (Å²) in [5, 5.41) is 0. The van der Waals surface area contributed by atoms with Gasteiger partial charge in [0.25, 0.3) is 0 Å². The first kappa shape index (κ1) is 17.3. The lowest BCUT2D eigenvalue weighted by atomic mass is 10.00. The molecular weight excluding hydrogens is 298 g/mol. The van der Waals surface area contributed by atoms with Crippen molar-refractivity contribution in [1.29, 1.82) is 0 Å². The molecule has 1 unspecified atom stereocenters. The van der Waals surface area contributed by atoms with E-state index in [1.165, 1.54) is 24.0 Å². The molecule has 22 heavy (non-hydrogen) atoms. The van der Waals surface area contributed by atoms with Crippen LogP contribution in [0, 0.1) is 5.92 Å². The van der Waals surface area contributed by atoms with Gasteiger partial charge in [0.05, 0.1) is 6.54 Å². The van der Waals surface area contributed by atoms with E-state index in [1.54, 1.807) is 0 Å². The molecule has 1 saturated carbocycles. The number of likely N-dealkylation sites (N-methyl/N-ethyl adjacent to an activating group) is 1. The number of fused-ring (bicyclic) bond motifs is 1. The van der Waals surface area contributed by atoms with E-state index in [4.69, 9.17) is 5.73 Å². The van der Waals surface area contributed by atoms with Crippen molar-refractivity contribution in [3.05, 3.63) is 35.4 Å². The largest absolute Gasteiger partial charge is 0.337 e. The highest BCUT2D eigenvalue weighted by atomic mass is 35.5. The first-order valence-corrected chi connectivity index (χ1v) is 7.94. The molecule has 0 spiro atoms. The summed E-state index contributed by atoms with van der Waals surface area (Å²) in [5.41, 5.74) is 8.54. The molecular formula is C17H26ClN3O. The van der Waals surface area contributed by atoms with Gasteiger partial charge in [0.1, 0.15) is 0 Å². The van der Waals surface area contributed by atoms with Crippen molar-refractivity contribution in [2.75, 3.05) is 26.7 Å². The van der Waals surface area contributed by atoms with E-state index in [2.05, 4.69) is 29.2 Å². The fraction of sp³-hybridized carbons (Fsp3) is 0.588. The Balaban J connectivity index is 0.00000176. The van der Waals surface area contributed by atoms with Crippen molar-refractivity contribution in [3.8, 4) is 0 Å². The van der Waals surface area contributed by atoms with Crippen molar-refractivity contribution >= 4 is 18.3 Å². The summed E-state index contributed by atoms with van der Waals surface area (Å²) in [4.78, 5) is 16.7. The predicted octanol–water partition coefficient (Wildman–Crippen LogP) is 1.66. The molecule has 1 aromatic carbocycles. The van der Waals surface area contributed by atoms with Crippen LogP contribution in [0.2, 0.25) is 0 Å². The van der Waals surface area contributed by atoms with Crippen LogP contribution < -0.4 is 5.73 Å². The average Bonchev–Trinajstić information content (AvgIpc) is 3.32. The number of amides is 1. The molecule has 1 atom stereocenters. The van der Waals surface area contributed by atoms with Crippen molar-refractivity contribution < 1.29 is 4.79 Å². The summed E-state index contributed by atoms with van der Waals surface area (Å²) in [6.07, 6.45) is 3.49. The molecule has 5 heteroatoms. The van der Waals surface area contributed by atoms with Crippen molar-refractivity contribution in [2.24, 2.45) is 11.7 Å². The molecule has 2 N–H and O–H groups in total. The van der Waals surface area contributed by atoms with Gasteiger partial charge in [-0.3, -0.25) is 9.69 Å². The zero-order valence-electron chi connectivity index (χ0n) is 13.2. The van der Waals surface area contributed by atoms with Crippen molar-refractivity contribution in [1.82, 2.24) is 9.80 Å². The quantitative estimate of drug-likeness (QED) is 0.896. The van der Waals surface area contributed by atoms with Crippen molar-refractivity contribution in [3.63, 3.8) is 0 Å². The fourth-order valence-corrected chi connectivity index (χ4v) is 3.35. The number of rotatable bonds is 5. The predicted molar refractivity (Wildman–Crippen MR) is 91.0 cm³/mol. The molecule has 1 fully saturated rings. The van der Waals surface area contributed by atoms with E-state index in [9.17, 15) is 4.79 Å². The van der Waals surface area contributed by atoms with E-state index in [0.29, 0.717) is 25.0 Å². The van der Waals surface area contributed by atoms with Gasteiger partial charge in [0, 0.05) is 25.7 Å². The van der Waals surface area contributed by atoms with Gasteiger partial charge in [-0.15, -0.1) is 12.4 Å². The lowest BCUT2D eigenvalue weighted by Gasteiger charge is -2.32. The number of carbonyl (C=O) groups is 1. The molecule has 4 nitrogen and oxygen atoms in total. The minimum atomic E-state index is 0. The maximum absolute atomic E-state index is 12.5. The van der Waals surface area contributed by atoms with Crippen LogP contribution in [0.15, 0.2) is 24.3 Å². The number of benzene rings is 1. The number of hydrogen-bond donors (Lipinski definition) is 1. The number of carbonyl (C=O) groups excluding carboxylic acids is 1. The Hall–Kier alpha value is -1.10. The SMILES string of the molecule is CN(CC(=O)N1CCc2ccccc2C1)C(CN)C1CC1.Cl. The van der Waals surface area contributed by atoms with Gasteiger partial charge in [-0.2, -0.15) is 0 Å². The van der Waals surface area contributed by atoms with E-state index in [-0.39, 0.29) is 18.3 Å². The van der Waals surface area contributed by atoms with Crippen LogP contribution in [-0.2, 0) is 17.8 Å². The van der Waals surface area contributed by atoms with Crippen LogP contribution in [-0.4, -0.2) is 48.4 Å². The Kier molecular flexibility index (Phi) is 5.84.